The fourth-order valence-electron chi connectivity index (χ4n) is 4.67. The highest BCUT2D eigenvalue weighted by atomic mass is 79.9. The number of hydrogen-bond donors (Lipinski definition) is 1. The molecule has 7 nitrogen and oxygen atoms in total. The summed E-state index contributed by atoms with van der Waals surface area (Å²) in [4.78, 5) is 29.5. The Balaban J connectivity index is 1.79. The monoisotopic (exact) mass is 647 g/mol. The number of sulfonamides is 1. The van der Waals surface area contributed by atoms with E-state index in [0.717, 1.165) is 25.5 Å². The number of carbonyl (C=O) groups is 2. The van der Waals surface area contributed by atoms with E-state index in [2.05, 4.69) is 21.2 Å². The molecule has 9 heteroatoms. The Kier molecular flexibility index (Phi) is 10.5. The Bertz CT molecular complexity index is 1600. The van der Waals surface area contributed by atoms with Crippen LogP contribution in [0.25, 0.3) is 0 Å². The molecule has 2 amide bonds. The number of nitrogens with zero attached hydrogens (tertiary/aromatic N) is 2. The molecule has 0 fully saturated rings. The van der Waals surface area contributed by atoms with E-state index < -0.39 is 28.5 Å². The number of hydrogen-bond acceptors (Lipinski definition) is 4. The molecule has 4 aromatic carbocycles. The first-order chi connectivity index (χ1) is 20.2. The van der Waals surface area contributed by atoms with Gasteiger partial charge in [0.1, 0.15) is 12.6 Å². The number of anilines is 1. The number of benzene rings is 4. The minimum atomic E-state index is -4.12. The maximum atomic E-state index is 14.4. The first-order valence-electron chi connectivity index (χ1n) is 13.7. The van der Waals surface area contributed by atoms with Crippen LogP contribution in [0.3, 0.4) is 0 Å². The van der Waals surface area contributed by atoms with Gasteiger partial charge in [0.25, 0.3) is 10.0 Å². The van der Waals surface area contributed by atoms with Crippen molar-refractivity contribution in [3.8, 4) is 0 Å². The average molecular weight is 649 g/mol. The van der Waals surface area contributed by atoms with Gasteiger partial charge in [-0.25, -0.2) is 8.42 Å². The van der Waals surface area contributed by atoms with Crippen LogP contribution in [-0.2, 0) is 32.6 Å². The number of aryl methyl sites for hydroxylation is 1. The highest BCUT2D eigenvalue weighted by Crippen LogP contribution is 2.26. The van der Waals surface area contributed by atoms with Crippen LogP contribution in [0, 0.1) is 6.92 Å². The Morgan fingerprint density at radius 1 is 0.833 bits per heavy atom. The molecule has 0 heterocycles. The van der Waals surface area contributed by atoms with E-state index in [9.17, 15) is 18.0 Å². The van der Waals surface area contributed by atoms with Gasteiger partial charge in [-0.15, -0.1) is 0 Å². The molecule has 0 bridgehead atoms. The first kappa shape index (κ1) is 31.0. The zero-order valence-electron chi connectivity index (χ0n) is 23.6. The lowest BCUT2D eigenvalue weighted by Crippen LogP contribution is -2.53. The normalized spacial score (nSPS) is 11.9. The van der Waals surface area contributed by atoms with Crippen molar-refractivity contribution in [1.82, 2.24) is 10.2 Å². The third-order valence-electron chi connectivity index (χ3n) is 6.95. The van der Waals surface area contributed by atoms with Crippen molar-refractivity contribution in [3.05, 3.63) is 130 Å². The predicted octanol–water partition coefficient (Wildman–Crippen LogP) is 5.73. The van der Waals surface area contributed by atoms with Crippen LogP contribution in [0.15, 0.2) is 119 Å². The molecule has 0 aliphatic heterocycles. The largest absolute Gasteiger partial charge is 0.355 e. The van der Waals surface area contributed by atoms with Crippen LogP contribution in [0.2, 0.25) is 0 Å². The highest BCUT2D eigenvalue weighted by molar-refractivity contribution is 9.10. The lowest BCUT2D eigenvalue weighted by Gasteiger charge is -2.34. The number of likely N-dealkylation sites (N-methyl/N-ethyl adjacent to an activating group) is 1. The summed E-state index contributed by atoms with van der Waals surface area (Å²) < 4.78 is 29.8. The summed E-state index contributed by atoms with van der Waals surface area (Å²) in [6, 6.07) is 31.1. The molecular formula is C33H34BrN3O4S. The van der Waals surface area contributed by atoms with Crippen LogP contribution in [0.1, 0.15) is 23.6 Å². The molecule has 0 saturated heterocycles. The van der Waals surface area contributed by atoms with Gasteiger partial charge in [-0.3, -0.25) is 13.9 Å². The number of carbonyl (C=O) groups excluding carboxylic acids is 2. The van der Waals surface area contributed by atoms with E-state index in [0.29, 0.717) is 12.2 Å². The summed E-state index contributed by atoms with van der Waals surface area (Å²) in [5.41, 5.74) is 3.06. The van der Waals surface area contributed by atoms with Gasteiger partial charge < -0.3 is 10.2 Å². The zero-order valence-corrected chi connectivity index (χ0v) is 26.0. The third-order valence-corrected chi connectivity index (χ3v) is 9.27. The van der Waals surface area contributed by atoms with Gasteiger partial charge in [0, 0.05) is 24.0 Å². The van der Waals surface area contributed by atoms with Gasteiger partial charge in [-0.05, 0) is 66.9 Å². The van der Waals surface area contributed by atoms with Crippen LogP contribution in [-0.4, -0.2) is 44.3 Å². The molecule has 4 rings (SSSR count). The van der Waals surface area contributed by atoms with E-state index in [-0.39, 0.29) is 23.8 Å². The third kappa shape index (κ3) is 7.66. The Labute approximate surface area is 256 Å². The zero-order chi connectivity index (χ0) is 30.1. The molecule has 0 aromatic heterocycles. The summed E-state index contributed by atoms with van der Waals surface area (Å²) in [5.74, 6) is -0.794. The number of rotatable bonds is 12. The van der Waals surface area contributed by atoms with Crippen molar-refractivity contribution in [2.24, 2.45) is 0 Å². The molecule has 0 radical (unpaired) electrons. The summed E-state index contributed by atoms with van der Waals surface area (Å²) in [7, 11) is -4.12. The summed E-state index contributed by atoms with van der Waals surface area (Å²) in [5, 5.41) is 2.88. The van der Waals surface area contributed by atoms with E-state index in [1.165, 1.54) is 17.0 Å². The predicted molar refractivity (Wildman–Crippen MR) is 169 cm³/mol. The topological polar surface area (TPSA) is 86.8 Å². The van der Waals surface area contributed by atoms with E-state index in [1.807, 2.05) is 68.4 Å². The molecule has 42 heavy (non-hydrogen) atoms. The number of amides is 2. The fourth-order valence-corrected chi connectivity index (χ4v) is 6.37. The molecule has 0 saturated carbocycles. The van der Waals surface area contributed by atoms with Crippen LogP contribution < -0.4 is 9.62 Å². The minimum absolute atomic E-state index is 0.0655. The van der Waals surface area contributed by atoms with Crippen molar-refractivity contribution in [2.45, 2.75) is 37.8 Å². The standard InChI is InChI=1S/C33H34BrN3O4S/c1-3-35-33(39)31(22-26-13-6-4-7-14-26)36(23-27-15-11-10-12-25(27)2)32(38)24-37(29-20-18-28(34)19-21-29)42(40,41)30-16-8-5-9-17-30/h4-21,31H,3,22-24H2,1-2H3,(H,35,39)/t31-/m1/s1. The van der Waals surface area contributed by atoms with Crippen LogP contribution in [0.4, 0.5) is 5.69 Å². The molecule has 4 aromatic rings. The second-order valence-corrected chi connectivity index (χ2v) is 12.6. The second kappa shape index (κ2) is 14.3. The van der Waals surface area contributed by atoms with Crippen molar-refractivity contribution in [2.75, 3.05) is 17.4 Å². The van der Waals surface area contributed by atoms with Gasteiger partial charge in [0.05, 0.1) is 10.6 Å². The quantitative estimate of drug-likeness (QED) is 0.213. The molecule has 0 aliphatic carbocycles. The minimum Gasteiger partial charge on any atom is -0.355 e. The highest BCUT2D eigenvalue weighted by Gasteiger charge is 2.34. The van der Waals surface area contributed by atoms with Gasteiger partial charge in [0.15, 0.2) is 0 Å². The van der Waals surface area contributed by atoms with E-state index >= 15 is 0 Å². The maximum Gasteiger partial charge on any atom is 0.264 e. The fraction of sp³-hybridized carbons (Fsp3) is 0.212. The van der Waals surface area contributed by atoms with Gasteiger partial charge in [-0.1, -0.05) is 88.7 Å². The van der Waals surface area contributed by atoms with Crippen LogP contribution >= 0.6 is 15.9 Å². The summed E-state index contributed by atoms with van der Waals surface area (Å²) in [6.45, 7) is 3.82. The van der Waals surface area contributed by atoms with Crippen molar-refractivity contribution < 1.29 is 18.0 Å². The van der Waals surface area contributed by atoms with Gasteiger partial charge >= 0.3 is 0 Å². The number of halogens is 1. The smallest absolute Gasteiger partial charge is 0.264 e. The SMILES string of the molecule is CCNC(=O)[C@@H](Cc1ccccc1)N(Cc1ccccc1C)C(=O)CN(c1ccc(Br)cc1)S(=O)(=O)c1ccccc1. The summed E-state index contributed by atoms with van der Waals surface area (Å²) >= 11 is 3.40. The number of nitrogens with one attached hydrogen (secondary N) is 1. The van der Waals surface area contributed by atoms with Crippen molar-refractivity contribution in [1.29, 1.82) is 0 Å². The Morgan fingerprint density at radius 3 is 2.05 bits per heavy atom. The Morgan fingerprint density at radius 2 is 1.43 bits per heavy atom. The Hall–Kier alpha value is -3.95. The van der Waals surface area contributed by atoms with E-state index in [4.69, 9.17) is 0 Å². The molecule has 218 valence electrons. The van der Waals surface area contributed by atoms with Crippen LogP contribution in [0.5, 0.6) is 0 Å². The van der Waals surface area contributed by atoms with Crippen molar-refractivity contribution in [3.63, 3.8) is 0 Å². The molecule has 0 aliphatic rings. The molecule has 1 N–H and O–H groups in total. The molecule has 0 spiro atoms. The lowest BCUT2D eigenvalue weighted by molar-refractivity contribution is -0.140. The van der Waals surface area contributed by atoms with Crippen molar-refractivity contribution >= 4 is 43.5 Å². The lowest BCUT2D eigenvalue weighted by atomic mass is 10.0. The maximum absolute atomic E-state index is 14.4. The first-order valence-corrected chi connectivity index (χ1v) is 15.9. The summed E-state index contributed by atoms with van der Waals surface area (Å²) in [6.07, 6.45) is 0.272. The van der Waals surface area contributed by atoms with Gasteiger partial charge in [-0.2, -0.15) is 0 Å². The average Bonchev–Trinajstić information content (AvgIpc) is 3.00. The molecule has 1 atom stereocenters. The molecule has 0 unspecified atom stereocenters. The van der Waals surface area contributed by atoms with E-state index in [1.54, 1.807) is 42.5 Å². The van der Waals surface area contributed by atoms with Gasteiger partial charge in [0.2, 0.25) is 11.8 Å². The second-order valence-electron chi connectivity index (χ2n) is 9.85. The molecular weight excluding hydrogens is 614 g/mol.